The molecule has 1 fully saturated rings. The Morgan fingerprint density at radius 1 is 1.18 bits per heavy atom. The van der Waals surface area contributed by atoms with Gasteiger partial charge in [0, 0.05) is 24.2 Å². The molecule has 0 saturated carbocycles. The highest BCUT2D eigenvalue weighted by Gasteiger charge is 2.41. The van der Waals surface area contributed by atoms with Crippen LogP contribution in [0, 0.1) is 5.92 Å². The van der Waals surface area contributed by atoms with Crippen LogP contribution in [0.5, 0.6) is 0 Å². The lowest BCUT2D eigenvalue weighted by Crippen LogP contribution is -2.68. The summed E-state index contributed by atoms with van der Waals surface area (Å²) in [7, 11) is 0. The third kappa shape index (κ3) is 3.69. The second kappa shape index (κ2) is 5.71. The van der Waals surface area contributed by atoms with Crippen molar-refractivity contribution in [1.82, 2.24) is 10.2 Å². The molecule has 0 spiro atoms. The van der Waals surface area contributed by atoms with E-state index in [0.29, 0.717) is 5.54 Å². The fourth-order valence-corrected chi connectivity index (χ4v) is 2.89. The largest absolute Gasteiger partial charge is 0.309 e. The predicted octanol–water partition coefficient (Wildman–Crippen LogP) is 3.28. The Morgan fingerprint density at radius 2 is 1.76 bits per heavy atom. The summed E-state index contributed by atoms with van der Waals surface area (Å²) in [5.41, 5.74) is 0.662. The van der Waals surface area contributed by atoms with Gasteiger partial charge in [-0.05, 0) is 45.6 Å². The zero-order valence-corrected chi connectivity index (χ0v) is 12.8. The number of hydrogen-bond acceptors (Lipinski definition) is 2. The minimum Gasteiger partial charge on any atom is -0.309 e. The van der Waals surface area contributed by atoms with Gasteiger partial charge in [0.25, 0.3) is 0 Å². The zero-order valence-electron chi connectivity index (χ0n) is 12.8. The molecule has 0 radical (unpaired) electrons. The van der Waals surface area contributed by atoms with Gasteiger partial charge >= 0.3 is 0 Å². The second-order valence-corrected chi connectivity index (χ2v) is 6.77. The van der Waals surface area contributed by atoms with Crippen molar-refractivity contribution in [3.63, 3.8) is 0 Å². The molecular formula is C15H32N2. The van der Waals surface area contributed by atoms with Crippen LogP contribution in [0.3, 0.4) is 0 Å². The van der Waals surface area contributed by atoms with Crippen molar-refractivity contribution >= 4 is 0 Å². The molecule has 1 aliphatic rings. The Kier molecular flexibility index (Phi) is 5.03. The van der Waals surface area contributed by atoms with E-state index in [2.05, 4.69) is 51.8 Å². The fourth-order valence-electron chi connectivity index (χ4n) is 2.89. The van der Waals surface area contributed by atoms with Crippen LogP contribution in [0.2, 0.25) is 0 Å². The summed E-state index contributed by atoms with van der Waals surface area (Å²) in [5, 5.41) is 3.73. The van der Waals surface area contributed by atoms with E-state index in [4.69, 9.17) is 0 Å². The molecule has 1 heterocycles. The summed E-state index contributed by atoms with van der Waals surface area (Å²) in [6, 6.07) is 0. The number of hydrogen-bond donors (Lipinski definition) is 1. The second-order valence-electron chi connectivity index (χ2n) is 6.77. The van der Waals surface area contributed by atoms with Crippen molar-refractivity contribution in [3.8, 4) is 0 Å². The summed E-state index contributed by atoms with van der Waals surface area (Å²) < 4.78 is 0. The van der Waals surface area contributed by atoms with Crippen LogP contribution in [-0.4, -0.2) is 35.6 Å². The number of nitrogens with zero attached hydrogens (tertiary/aromatic N) is 1. The Labute approximate surface area is 108 Å². The molecule has 0 amide bonds. The zero-order chi connectivity index (χ0) is 13.1. The van der Waals surface area contributed by atoms with Crippen molar-refractivity contribution in [3.05, 3.63) is 0 Å². The molecule has 102 valence electrons. The average Bonchev–Trinajstić information content (AvgIpc) is 2.26. The van der Waals surface area contributed by atoms with Crippen LogP contribution >= 0.6 is 0 Å². The molecule has 0 unspecified atom stereocenters. The monoisotopic (exact) mass is 240 g/mol. The molecule has 0 aromatic carbocycles. The van der Waals surface area contributed by atoms with E-state index < -0.39 is 0 Å². The maximum atomic E-state index is 3.73. The summed E-state index contributed by atoms with van der Waals surface area (Å²) >= 11 is 0. The number of nitrogens with one attached hydrogen (secondary N) is 1. The van der Waals surface area contributed by atoms with E-state index in [0.717, 1.165) is 12.5 Å². The van der Waals surface area contributed by atoms with E-state index in [1.807, 2.05) is 0 Å². The molecule has 0 aliphatic carbocycles. The van der Waals surface area contributed by atoms with Crippen LogP contribution in [0.1, 0.15) is 60.8 Å². The number of piperazine rings is 1. The van der Waals surface area contributed by atoms with Crippen molar-refractivity contribution in [2.45, 2.75) is 71.9 Å². The molecule has 2 nitrogen and oxygen atoms in total. The summed E-state index contributed by atoms with van der Waals surface area (Å²) in [4.78, 5) is 2.75. The van der Waals surface area contributed by atoms with Crippen LogP contribution < -0.4 is 5.32 Å². The lowest BCUT2D eigenvalue weighted by atomic mass is 9.84. The van der Waals surface area contributed by atoms with E-state index in [9.17, 15) is 0 Å². The van der Waals surface area contributed by atoms with Gasteiger partial charge in [-0.1, -0.05) is 27.7 Å². The van der Waals surface area contributed by atoms with E-state index in [1.54, 1.807) is 0 Å². The van der Waals surface area contributed by atoms with Gasteiger partial charge in [-0.2, -0.15) is 0 Å². The summed E-state index contributed by atoms with van der Waals surface area (Å²) in [5.74, 6) is 0.805. The Bertz CT molecular complexity index is 229. The van der Waals surface area contributed by atoms with Crippen LogP contribution in [-0.2, 0) is 0 Å². The molecule has 1 N–H and O–H groups in total. The van der Waals surface area contributed by atoms with Gasteiger partial charge in [0.2, 0.25) is 0 Å². The van der Waals surface area contributed by atoms with Gasteiger partial charge in [-0.15, -0.1) is 0 Å². The van der Waals surface area contributed by atoms with Crippen molar-refractivity contribution in [2.24, 2.45) is 5.92 Å². The lowest BCUT2D eigenvalue weighted by molar-refractivity contribution is 0.00600. The molecule has 17 heavy (non-hydrogen) atoms. The van der Waals surface area contributed by atoms with Gasteiger partial charge in [0.15, 0.2) is 0 Å². The standard InChI is InChI=1S/C15H32N2/c1-7-15(8-2)11-16-14(5,6)12-17(15)10-9-13(3)4/h13,16H,7-12H2,1-6H3. The highest BCUT2D eigenvalue weighted by atomic mass is 15.3. The lowest BCUT2D eigenvalue weighted by Gasteiger charge is -2.53. The molecule has 0 aromatic heterocycles. The topological polar surface area (TPSA) is 15.3 Å². The average molecular weight is 240 g/mol. The molecule has 1 aliphatic heterocycles. The minimum absolute atomic E-state index is 0.269. The highest BCUT2D eigenvalue weighted by molar-refractivity contribution is 5.01. The molecule has 2 heteroatoms. The normalized spacial score (nSPS) is 24.2. The van der Waals surface area contributed by atoms with E-state index in [1.165, 1.54) is 32.4 Å². The highest BCUT2D eigenvalue weighted by Crippen LogP contribution is 2.30. The summed E-state index contributed by atoms with van der Waals surface area (Å²) in [6.45, 7) is 17.6. The third-order valence-electron chi connectivity index (χ3n) is 4.45. The van der Waals surface area contributed by atoms with Gasteiger partial charge in [0.05, 0.1) is 0 Å². The first-order valence-electron chi connectivity index (χ1n) is 7.35. The van der Waals surface area contributed by atoms with Crippen LogP contribution in [0.25, 0.3) is 0 Å². The van der Waals surface area contributed by atoms with Gasteiger partial charge in [-0.25, -0.2) is 0 Å². The minimum atomic E-state index is 0.269. The first-order valence-corrected chi connectivity index (χ1v) is 7.35. The van der Waals surface area contributed by atoms with Crippen molar-refractivity contribution in [2.75, 3.05) is 19.6 Å². The number of rotatable bonds is 5. The Morgan fingerprint density at radius 3 is 2.24 bits per heavy atom. The molecule has 1 saturated heterocycles. The Balaban J connectivity index is 2.74. The molecule has 1 rings (SSSR count). The van der Waals surface area contributed by atoms with Crippen molar-refractivity contribution < 1.29 is 0 Å². The third-order valence-corrected chi connectivity index (χ3v) is 4.45. The van der Waals surface area contributed by atoms with Gasteiger partial charge in [0.1, 0.15) is 0 Å². The van der Waals surface area contributed by atoms with Gasteiger partial charge in [-0.3, -0.25) is 4.90 Å². The van der Waals surface area contributed by atoms with E-state index in [-0.39, 0.29) is 5.54 Å². The SMILES string of the molecule is CCC1(CC)CNC(C)(C)CN1CCC(C)C. The van der Waals surface area contributed by atoms with Crippen molar-refractivity contribution in [1.29, 1.82) is 0 Å². The molecule has 0 bridgehead atoms. The van der Waals surface area contributed by atoms with Gasteiger partial charge < -0.3 is 5.32 Å². The molecule has 0 atom stereocenters. The Hall–Kier alpha value is -0.0800. The molecular weight excluding hydrogens is 208 g/mol. The maximum absolute atomic E-state index is 3.73. The smallest absolute Gasteiger partial charge is 0.0329 e. The maximum Gasteiger partial charge on any atom is 0.0329 e. The first kappa shape index (κ1) is 15.0. The first-order chi connectivity index (χ1) is 7.85. The van der Waals surface area contributed by atoms with Crippen LogP contribution in [0.4, 0.5) is 0 Å². The summed E-state index contributed by atoms with van der Waals surface area (Å²) in [6.07, 6.45) is 3.83. The molecule has 0 aromatic rings. The quantitative estimate of drug-likeness (QED) is 0.793. The predicted molar refractivity (Wildman–Crippen MR) is 76.4 cm³/mol. The van der Waals surface area contributed by atoms with E-state index >= 15 is 0 Å². The van der Waals surface area contributed by atoms with Crippen LogP contribution in [0.15, 0.2) is 0 Å². The fraction of sp³-hybridized carbons (Fsp3) is 1.00.